The second-order valence-corrected chi connectivity index (χ2v) is 4.72. The van der Waals surface area contributed by atoms with Gasteiger partial charge in [0.15, 0.2) is 0 Å². The summed E-state index contributed by atoms with van der Waals surface area (Å²) in [7, 11) is 0. The number of hydrogen-bond acceptors (Lipinski definition) is 2. The van der Waals surface area contributed by atoms with Crippen molar-refractivity contribution in [1.29, 1.82) is 0 Å². The van der Waals surface area contributed by atoms with Crippen LogP contribution in [-0.4, -0.2) is 18.0 Å². The van der Waals surface area contributed by atoms with Gasteiger partial charge >= 0.3 is 0 Å². The van der Waals surface area contributed by atoms with E-state index in [9.17, 15) is 0 Å². The van der Waals surface area contributed by atoms with Crippen molar-refractivity contribution in [2.45, 2.75) is 78.4 Å². The highest BCUT2D eigenvalue weighted by Gasteiger charge is 2.24. The lowest BCUT2D eigenvalue weighted by Crippen LogP contribution is -2.33. The maximum atomic E-state index is 5.81. The van der Waals surface area contributed by atoms with Gasteiger partial charge in [-0.2, -0.15) is 0 Å². The first-order valence-electron chi connectivity index (χ1n) is 6.23. The van der Waals surface area contributed by atoms with Crippen molar-refractivity contribution in [3.8, 4) is 0 Å². The third kappa shape index (κ3) is 4.98. The summed E-state index contributed by atoms with van der Waals surface area (Å²) < 4.78 is 11.6. The Hall–Kier alpha value is -0.0800. The standard InChI is InChI=1S/C13H28O2/c1-7-12(5,8-2)14-11-15-13(6,9-3)10-4/h7-11H2,1-6H3. The predicted octanol–water partition coefficient (Wildman–Crippen LogP) is 4.13. The molecule has 0 aliphatic heterocycles. The molecule has 92 valence electrons. The van der Waals surface area contributed by atoms with Gasteiger partial charge in [0.25, 0.3) is 0 Å². The molecule has 0 aromatic carbocycles. The average molecular weight is 216 g/mol. The topological polar surface area (TPSA) is 18.5 Å². The van der Waals surface area contributed by atoms with Crippen LogP contribution < -0.4 is 0 Å². The fourth-order valence-electron chi connectivity index (χ4n) is 1.22. The molecule has 0 aliphatic rings. The number of ether oxygens (including phenoxy) is 2. The van der Waals surface area contributed by atoms with E-state index in [4.69, 9.17) is 9.47 Å². The van der Waals surface area contributed by atoms with E-state index in [0.717, 1.165) is 25.7 Å². The van der Waals surface area contributed by atoms with Crippen molar-refractivity contribution < 1.29 is 9.47 Å². The zero-order valence-electron chi connectivity index (χ0n) is 11.4. The first-order chi connectivity index (χ1) is 6.95. The quantitative estimate of drug-likeness (QED) is 0.568. The largest absolute Gasteiger partial charge is 0.349 e. The molecule has 0 atom stereocenters. The van der Waals surface area contributed by atoms with E-state index in [1.54, 1.807) is 0 Å². The van der Waals surface area contributed by atoms with E-state index in [1.165, 1.54) is 0 Å². The molecule has 0 heterocycles. The van der Waals surface area contributed by atoms with E-state index in [1.807, 2.05) is 0 Å². The molecule has 0 aliphatic carbocycles. The van der Waals surface area contributed by atoms with Gasteiger partial charge < -0.3 is 9.47 Å². The van der Waals surface area contributed by atoms with Crippen LogP contribution in [0, 0.1) is 0 Å². The Balaban J connectivity index is 3.96. The van der Waals surface area contributed by atoms with Gasteiger partial charge in [-0.25, -0.2) is 0 Å². The predicted molar refractivity (Wildman–Crippen MR) is 65.0 cm³/mol. The van der Waals surface area contributed by atoms with Gasteiger partial charge in [-0.15, -0.1) is 0 Å². The van der Waals surface area contributed by atoms with Crippen molar-refractivity contribution in [3.63, 3.8) is 0 Å². The SMILES string of the molecule is CCC(C)(CC)OCOC(C)(CC)CC. The van der Waals surface area contributed by atoms with Crippen LogP contribution in [0.4, 0.5) is 0 Å². The molecular weight excluding hydrogens is 188 g/mol. The highest BCUT2D eigenvalue weighted by Crippen LogP contribution is 2.23. The van der Waals surface area contributed by atoms with Crippen LogP contribution in [0.15, 0.2) is 0 Å². The Morgan fingerprint density at radius 2 is 0.933 bits per heavy atom. The number of rotatable bonds is 8. The lowest BCUT2D eigenvalue weighted by atomic mass is 10.00. The lowest BCUT2D eigenvalue weighted by molar-refractivity contribution is -0.187. The third-order valence-corrected chi connectivity index (χ3v) is 3.81. The summed E-state index contributed by atoms with van der Waals surface area (Å²) in [6.45, 7) is 13.3. The van der Waals surface area contributed by atoms with E-state index in [-0.39, 0.29) is 11.2 Å². The van der Waals surface area contributed by atoms with Gasteiger partial charge in [0.1, 0.15) is 6.79 Å². The van der Waals surface area contributed by atoms with Gasteiger partial charge in [0.2, 0.25) is 0 Å². The van der Waals surface area contributed by atoms with Gasteiger partial charge in [-0.05, 0) is 39.5 Å². The normalized spacial score (nSPS) is 13.2. The van der Waals surface area contributed by atoms with Gasteiger partial charge in [0, 0.05) is 0 Å². The molecule has 15 heavy (non-hydrogen) atoms. The maximum Gasteiger partial charge on any atom is 0.148 e. The minimum Gasteiger partial charge on any atom is -0.349 e. The fourth-order valence-corrected chi connectivity index (χ4v) is 1.22. The van der Waals surface area contributed by atoms with Crippen LogP contribution in [0.5, 0.6) is 0 Å². The molecule has 2 nitrogen and oxygen atoms in total. The Labute approximate surface area is 95.3 Å². The first-order valence-corrected chi connectivity index (χ1v) is 6.23. The molecule has 0 aromatic rings. The molecule has 0 fully saturated rings. The highest BCUT2D eigenvalue weighted by molar-refractivity contribution is 4.72. The Kier molecular flexibility index (Phi) is 6.46. The smallest absolute Gasteiger partial charge is 0.148 e. The minimum absolute atomic E-state index is 0.0254. The third-order valence-electron chi connectivity index (χ3n) is 3.81. The summed E-state index contributed by atoms with van der Waals surface area (Å²) >= 11 is 0. The molecule has 0 amide bonds. The van der Waals surface area contributed by atoms with Crippen molar-refractivity contribution in [1.82, 2.24) is 0 Å². The summed E-state index contributed by atoms with van der Waals surface area (Å²) in [6.07, 6.45) is 4.12. The van der Waals surface area contributed by atoms with E-state index < -0.39 is 0 Å². The van der Waals surface area contributed by atoms with Gasteiger partial charge in [-0.3, -0.25) is 0 Å². The average Bonchev–Trinajstić information content (AvgIpc) is 2.28. The molecule has 0 bridgehead atoms. The Bertz CT molecular complexity index is 140. The van der Waals surface area contributed by atoms with Gasteiger partial charge in [0.05, 0.1) is 11.2 Å². The number of hydrogen-bond donors (Lipinski definition) is 0. The monoisotopic (exact) mass is 216 g/mol. The molecule has 0 aromatic heterocycles. The van der Waals surface area contributed by atoms with Crippen molar-refractivity contribution >= 4 is 0 Å². The molecule has 0 saturated carbocycles. The summed E-state index contributed by atoms with van der Waals surface area (Å²) in [6, 6.07) is 0. The molecular formula is C13H28O2. The Morgan fingerprint density at radius 1 is 0.667 bits per heavy atom. The van der Waals surface area contributed by atoms with E-state index >= 15 is 0 Å². The second-order valence-electron chi connectivity index (χ2n) is 4.72. The van der Waals surface area contributed by atoms with Crippen LogP contribution in [-0.2, 0) is 9.47 Å². The fraction of sp³-hybridized carbons (Fsp3) is 1.00. The Morgan fingerprint density at radius 3 is 1.13 bits per heavy atom. The zero-order chi connectivity index (χ0) is 11.9. The maximum absolute atomic E-state index is 5.81. The van der Waals surface area contributed by atoms with E-state index in [0.29, 0.717) is 6.79 Å². The summed E-state index contributed by atoms with van der Waals surface area (Å²) in [5.74, 6) is 0. The summed E-state index contributed by atoms with van der Waals surface area (Å²) in [5.41, 5.74) is -0.0508. The molecule has 0 saturated heterocycles. The molecule has 0 N–H and O–H groups in total. The molecule has 0 unspecified atom stereocenters. The second kappa shape index (κ2) is 6.49. The van der Waals surface area contributed by atoms with Crippen LogP contribution in [0.3, 0.4) is 0 Å². The van der Waals surface area contributed by atoms with E-state index in [2.05, 4.69) is 41.5 Å². The van der Waals surface area contributed by atoms with Crippen molar-refractivity contribution in [3.05, 3.63) is 0 Å². The zero-order valence-corrected chi connectivity index (χ0v) is 11.4. The minimum atomic E-state index is -0.0254. The molecule has 0 radical (unpaired) electrons. The summed E-state index contributed by atoms with van der Waals surface area (Å²) in [5, 5.41) is 0. The van der Waals surface area contributed by atoms with Crippen molar-refractivity contribution in [2.24, 2.45) is 0 Å². The summed E-state index contributed by atoms with van der Waals surface area (Å²) in [4.78, 5) is 0. The van der Waals surface area contributed by atoms with Crippen LogP contribution in [0.2, 0.25) is 0 Å². The van der Waals surface area contributed by atoms with Crippen molar-refractivity contribution in [2.75, 3.05) is 6.79 Å². The molecule has 2 heteroatoms. The molecule has 0 rings (SSSR count). The van der Waals surface area contributed by atoms with Gasteiger partial charge in [-0.1, -0.05) is 27.7 Å². The van der Waals surface area contributed by atoms with Crippen LogP contribution in [0.1, 0.15) is 67.2 Å². The van der Waals surface area contributed by atoms with Crippen LogP contribution in [0.25, 0.3) is 0 Å². The highest BCUT2D eigenvalue weighted by atomic mass is 16.7. The lowest BCUT2D eigenvalue weighted by Gasteiger charge is -2.32. The first kappa shape index (κ1) is 14.9. The van der Waals surface area contributed by atoms with Crippen LogP contribution >= 0.6 is 0 Å². The molecule has 0 spiro atoms.